The van der Waals surface area contributed by atoms with Crippen LogP contribution in [0.1, 0.15) is 58.9 Å². The molecule has 2 N–H and O–H groups in total. The lowest BCUT2D eigenvalue weighted by Gasteiger charge is -2.38. The zero-order valence-corrected chi connectivity index (χ0v) is 22.7. The summed E-state index contributed by atoms with van der Waals surface area (Å²) < 4.78 is 19.9. The average molecular weight is 538 g/mol. The van der Waals surface area contributed by atoms with Crippen LogP contribution >= 0.6 is 0 Å². The lowest BCUT2D eigenvalue weighted by atomic mass is 9.69. The van der Waals surface area contributed by atoms with Gasteiger partial charge in [0.2, 0.25) is 0 Å². The minimum atomic E-state index is -0.964. The van der Waals surface area contributed by atoms with Crippen molar-refractivity contribution in [1.82, 2.24) is 0 Å². The molecule has 0 spiro atoms. The Morgan fingerprint density at radius 3 is 2.25 bits per heavy atom. The molecule has 4 aromatic carbocycles. The number of ether oxygens (including phenoxy) is 1. The minimum absolute atomic E-state index is 0.146. The lowest BCUT2D eigenvalue weighted by Crippen LogP contribution is -2.46. The van der Waals surface area contributed by atoms with Crippen molar-refractivity contribution in [3.63, 3.8) is 0 Å². The first-order chi connectivity index (χ1) is 19.5. The predicted molar refractivity (Wildman–Crippen MR) is 156 cm³/mol. The van der Waals surface area contributed by atoms with E-state index in [9.17, 15) is 14.6 Å². The third-order valence-corrected chi connectivity index (χ3v) is 8.73. The first kappa shape index (κ1) is 26.5. The molecule has 0 radical (unpaired) electrons. The van der Waals surface area contributed by atoms with E-state index in [0.29, 0.717) is 32.5 Å². The van der Waals surface area contributed by atoms with Gasteiger partial charge in [0.05, 0.1) is 12.2 Å². The predicted octanol–water partition coefficient (Wildman–Crippen LogP) is 6.59. The van der Waals surface area contributed by atoms with Gasteiger partial charge in [0, 0.05) is 24.7 Å². The van der Waals surface area contributed by atoms with Gasteiger partial charge >= 0.3 is 0 Å². The summed E-state index contributed by atoms with van der Waals surface area (Å²) in [6.45, 7) is 1.78. The number of piperidine rings is 1. The summed E-state index contributed by atoms with van der Waals surface area (Å²) in [5.74, 6) is 1.05. The van der Waals surface area contributed by atoms with Gasteiger partial charge in [0.1, 0.15) is 18.2 Å². The molecule has 40 heavy (non-hydrogen) atoms. The van der Waals surface area contributed by atoms with Crippen molar-refractivity contribution in [3.8, 4) is 5.75 Å². The first-order valence-corrected chi connectivity index (χ1v) is 14.2. The van der Waals surface area contributed by atoms with Gasteiger partial charge in [0.15, 0.2) is 0 Å². The number of halogens is 1. The van der Waals surface area contributed by atoms with Crippen LogP contribution in [0.5, 0.6) is 5.75 Å². The number of aliphatic hydroxyl groups excluding tert-OH is 1. The number of benzene rings is 4. The first-order valence-electron chi connectivity index (χ1n) is 14.2. The number of anilines is 1. The molecular weight excluding hydrogens is 501 g/mol. The summed E-state index contributed by atoms with van der Waals surface area (Å²) in [4.78, 5) is 2.27. The summed E-state index contributed by atoms with van der Waals surface area (Å²) in [5.41, 5.74) is 6.30. The van der Waals surface area contributed by atoms with E-state index < -0.39 is 5.60 Å². The van der Waals surface area contributed by atoms with Crippen molar-refractivity contribution in [2.24, 2.45) is 0 Å². The second-order valence-corrected chi connectivity index (χ2v) is 11.3. The molecule has 0 bridgehead atoms. The highest BCUT2D eigenvalue weighted by atomic mass is 19.1. The van der Waals surface area contributed by atoms with E-state index in [0.717, 1.165) is 35.4 Å². The van der Waals surface area contributed by atoms with Crippen LogP contribution in [0.4, 0.5) is 10.1 Å². The Bertz CT molecular complexity index is 1410. The van der Waals surface area contributed by atoms with Gasteiger partial charge in [-0.2, -0.15) is 0 Å². The number of fused-ring (bicyclic) bond motifs is 1. The largest absolute Gasteiger partial charge is 0.489 e. The van der Waals surface area contributed by atoms with E-state index >= 15 is 0 Å². The van der Waals surface area contributed by atoms with Crippen LogP contribution in [0.15, 0.2) is 97.1 Å². The summed E-state index contributed by atoms with van der Waals surface area (Å²) in [6.07, 6.45) is 3.03. The monoisotopic (exact) mass is 537 g/mol. The molecule has 6 rings (SSSR count). The van der Waals surface area contributed by atoms with E-state index in [1.165, 1.54) is 16.7 Å². The average Bonchev–Trinajstić information content (AvgIpc) is 3.01. The number of aryl methyl sites for hydroxylation is 1. The van der Waals surface area contributed by atoms with Gasteiger partial charge in [-0.3, -0.25) is 0 Å². The van der Waals surface area contributed by atoms with E-state index in [-0.39, 0.29) is 24.3 Å². The fourth-order valence-corrected chi connectivity index (χ4v) is 6.34. The van der Waals surface area contributed by atoms with Gasteiger partial charge in [-0.1, -0.05) is 60.7 Å². The van der Waals surface area contributed by atoms with Crippen molar-refractivity contribution in [1.29, 1.82) is 0 Å². The molecule has 0 saturated carbocycles. The SMILES string of the molecule is OCC1(O)CCN(c2ccc(C3c4ccc(OCc5ccccc5)cc4CC[C@@H]3c3ccc(F)cc3)cc2)CC1. The lowest BCUT2D eigenvalue weighted by molar-refractivity contribution is -0.0325. The Kier molecular flexibility index (Phi) is 7.59. The van der Waals surface area contributed by atoms with Crippen LogP contribution in [0.3, 0.4) is 0 Å². The molecule has 1 aliphatic carbocycles. The highest BCUT2D eigenvalue weighted by molar-refractivity contribution is 5.53. The zero-order valence-electron chi connectivity index (χ0n) is 22.7. The molecule has 5 heteroatoms. The molecule has 1 heterocycles. The zero-order chi connectivity index (χ0) is 27.5. The molecule has 206 valence electrons. The molecule has 0 amide bonds. The molecule has 2 aliphatic rings. The number of hydrogen-bond acceptors (Lipinski definition) is 4. The maximum atomic E-state index is 13.8. The summed E-state index contributed by atoms with van der Waals surface area (Å²) in [6, 6.07) is 32.5. The Balaban J connectivity index is 1.28. The van der Waals surface area contributed by atoms with Crippen molar-refractivity contribution in [3.05, 3.63) is 131 Å². The Hall–Kier alpha value is -3.67. The molecule has 1 unspecified atom stereocenters. The molecule has 1 aliphatic heterocycles. The van der Waals surface area contributed by atoms with E-state index in [1.54, 1.807) is 12.1 Å². The van der Waals surface area contributed by atoms with E-state index in [2.05, 4.69) is 59.5 Å². The molecule has 4 nitrogen and oxygen atoms in total. The van der Waals surface area contributed by atoms with Gasteiger partial charge in [-0.25, -0.2) is 4.39 Å². The molecule has 1 saturated heterocycles. The van der Waals surface area contributed by atoms with Crippen LogP contribution in [0.25, 0.3) is 0 Å². The Morgan fingerprint density at radius 1 is 0.850 bits per heavy atom. The Morgan fingerprint density at radius 2 is 1.55 bits per heavy atom. The van der Waals surface area contributed by atoms with E-state index in [1.807, 2.05) is 30.3 Å². The topological polar surface area (TPSA) is 52.9 Å². The highest BCUT2D eigenvalue weighted by Crippen LogP contribution is 2.47. The Labute approximate surface area is 235 Å². The fourth-order valence-electron chi connectivity index (χ4n) is 6.34. The summed E-state index contributed by atoms with van der Waals surface area (Å²) >= 11 is 0. The quantitative estimate of drug-likeness (QED) is 0.279. The van der Waals surface area contributed by atoms with Crippen LogP contribution in [0.2, 0.25) is 0 Å². The molecular formula is C35H36FNO3. The number of hydrogen-bond donors (Lipinski definition) is 2. The van der Waals surface area contributed by atoms with Gasteiger partial charge in [-0.15, -0.1) is 0 Å². The molecule has 2 atom stereocenters. The van der Waals surface area contributed by atoms with Gasteiger partial charge in [-0.05, 0) is 95.8 Å². The third kappa shape index (κ3) is 5.63. The smallest absolute Gasteiger partial charge is 0.123 e. The minimum Gasteiger partial charge on any atom is -0.489 e. The van der Waals surface area contributed by atoms with E-state index in [4.69, 9.17) is 4.74 Å². The second-order valence-electron chi connectivity index (χ2n) is 11.3. The normalized spacial score (nSPS) is 20.1. The van der Waals surface area contributed by atoms with Gasteiger partial charge in [0.25, 0.3) is 0 Å². The molecule has 1 fully saturated rings. The maximum absolute atomic E-state index is 13.8. The molecule has 4 aromatic rings. The fraction of sp³-hybridized carbons (Fsp3) is 0.314. The maximum Gasteiger partial charge on any atom is 0.123 e. The number of nitrogens with zero attached hydrogens (tertiary/aromatic N) is 1. The van der Waals surface area contributed by atoms with Crippen LogP contribution in [-0.2, 0) is 13.0 Å². The third-order valence-electron chi connectivity index (χ3n) is 8.73. The van der Waals surface area contributed by atoms with Crippen molar-refractivity contribution >= 4 is 5.69 Å². The number of aliphatic hydroxyl groups is 2. The summed E-state index contributed by atoms with van der Waals surface area (Å²) in [5, 5.41) is 19.9. The van der Waals surface area contributed by atoms with Crippen LogP contribution in [0, 0.1) is 5.82 Å². The van der Waals surface area contributed by atoms with Crippen molar-refractivity contribution < 1.29 is 19.3 Å². The van der Waals surface area contributed by atoms with Crippen molar-refractivity contribution in [2.75, 3.05) is 24.6 Å². The standard InChI is InChI=1S/C35H36FNO3/c36-29-11-6-26(7-12-29)32-16-10-28-22-31(40-23-25-4-2-1-3-5-25)15-17-33(28)34(32)27-8-13-30(14-9-27)37-20-18-35(39,24-38)19-21-37/h1-9,11-15,17,22,32,34,38-39H,10,16,18-21,23-24H2/t32-,34?/m1/s1. The second kappa shape index (κ2) is 11.4. The number of rotatable bonds is 7. The molecule has 0 aromatic heterocycles. The van der Waals surface area contributed by atoms with Gasteiger partial charge < -0.3 is 19.8 Å². The summed E-state index contributed by atoms with van der Waals surface area (Å²) in [7, 11) is 0. The van der Waals surface area contributed by atoms with Crippen LogP contribution < -0.4 is 9.64 Å². The van der Waals surface area contributed by atoms with Crippen molar-refractivity contribution in [2.45, 2.75) is 49.7 Å². The highest BCUT2D eigenvalue weighted by Gasteiger charge is 2.34. The van der Waals surface area contributed by atoms with Crippen LogP contribution in [-0.4, -0.2) is 35.5 Å².